The zero-order valence-electron chi connectivity index (χ0n) is 16.2. The van der Waals surface area contributed by atoms with E-state index in [1.165, 1.54) is 19.3 Å². The van der Waals surface area contributed by atoms with Gasteiger partial charge in [-0.1, -0.05) is 6.42 Å². The van der Waals surface area contributed by atoms with Crippen molar-refractivity contribution >= 4 is 26.5 Å². The second-order valence-electron chi connectivity index (χ2n) is 6.20. The van der Waals surface area contributed by atoms with E-state index in [0.29, 0.717) is 26.2 Å². The first-order valence-electron chi connectivity index (χ1n) is 9.84. The number of carbonyl (C=O) groups is 1. The molecule has 0 amide bonds. The Morgan fingerprint density at radius 1 is 0.960 bits per heavy atom. The molecule has 7 heteroatoms. The van der Waals surface area contributed by atoms with E-state index in [0.717, 1.165) is 36.8 Å². The van der Waals surface area contributed by atoms with E-state index in [1.54, 1.807) is 11.8 Å². The van der Waals surface area contributed by atoms with Gasteiger partial charge >= 0.3 is 14.8 Å². The van der Waals surface area contributed by atoms with Crippen molar-refractivity contribution in [1.29, 1.82) is 0 Å². The molecule has 1 rings (SSSR count). The predicted octanol–water partition coefficient (Wildman–Crippen LogP) is 4.42. The van der Waals surface area contributed by atoms with Crippen LogP contribution in [0.3, 0.4) is 0 Å². The summed E-state index contributed by atoms with van der Waals surface area (Å²) < 4.78 is 23.1. The van der Waals surface area contributed by atoms with Crippen LogP contribution in [0.4, 0.5) is 0 Å². The van der Waals surface area contributed by atoms with Crippen molar-refractivity contribution in [2.45, 2.75) is 77.9 Å². The molecule has 0 unspecified atom stereocenters. The lowest BCUT2D eigenvalue weighted by molar-refractivity contribution is -0.149. The molecule has 0 atom stereocenters. The van der Waals surface area contributed by atoms with Crippen LogP contribution in [0.2, 0.25) is 6.04 Å². The van der Waals surface area contributed by atoms with Crippen molar-refractivity contribution in [2.24, 2.45) is 0 Å². The number of hydrogen-bond donors (Lipinski definition) is 0. The molecule has 148 valence electrons. The Labute approximate surface area is 158 Å². The van der Waals surface area contributed by atoms with Crippen molar-refractivity contribution in [3.8, 4) is 0 Å². The summed E-state index contributed by atoms with van der Waals surface area (Å²) >= 11 is 1.79. The first-order chi connectivity index (χ1) is 12.2. The minimum Gasteiger partial charge on any atom is -0.462 e. The van der Waals surface area contributed by atoms with Crippen LogP contribution >= 0.6 is 11.8 Å². The summed E-state index contributed by atoms with van der Waals surface area (Å²) in [6.45, 7) is 7.79. The maximum atomic E-state index is 11.9. The molecule has 1 aliphatic rings. The summed E-state index contributed by atoms with van der Waals surface area (Å²) in [6.07, 6.45) is 7.40. The van der Waals surface area contributed by atoms with Gasteiger partial charge in [-0.25, -0.2) is 0 Å². The maximum absolute atomic E-state index is 11.9. The first-order valence-corrected chi connectivity index (χ1v) is 12.9. The molecule has 25 heavy (non-hydrogen) atoms. The maximum Gasteiger partial charge on any atom is 0.500 e. The highest BCUT2D eigenvalue weighted by Gasteiger charge is 2.39. The molecule has 0 aromatic rings. The largest absolute Gasteiger partial charge is 0.500 e. The van der Waals surface area contributed by atoms with Crippen molar-refractivity contribution in [3.63, 3.8) is 0 Å². The zero-order chi connectivity index (χ0) is 18.4. The van der Waals surface area contributed by atoms with E-state index >= 15 is 0 Å². The van der Waals surface area contributed by atoms with Gasteiger partial charge < -0.3 is 18.0 Å². The first kappa shape index (κ1) is 23.0. The minimum absolute atomic E-state index is 0.0407. The third-order valence-corrected chi connectivity index (χ3v) is 8.39. The Morgan fingerprint density at radius 2 is 1.56 bits per heavy atom. The van der Waals surface area contributed by atoms with Crippen LogP contribution in [0.15, 0.2) is 0 Å². The lowest BCUT2D eigenvalue weighted by atomic mass is 9.98. The van der Waals surface area contributed by atoms with Crippen LogP contribution in [-0.2, 0) is 22.8 Å². The fourth-order valence-electron chi connectivity index (χ4n) is 3.08. The van der Waals surface area contributed by atoms with Crippen LogP contribution in [-0.4, -0.2) is 52.2 Å². The van der Waals surface area contributed by atoms with Crippen LogP contribution in [0.25, 0.3) is 0 Å². The van der Waals surface area contributed by atoms with E-state index in [2.05, 4.69) is 0 Å². The van der Waals surface area contributed by atoms with E-state index in [1.807, 2.05) is 20.8 Å². The molecule has 0 N–H and O–H groups in total. The Morgan fingerprint density at radius 3 is 2.12 bits per heavy atom. The van der Waals surface area contributed by atoms with Crippen molar-refractivity contribution in [2.75, 3.05) is 31.3 Å². The van der Waals surface area contributed by atoms with Gasteiger partial charge in [-0.15, -0.1) is 0 Å². The summed E-state index contributed by atoms with van der Waals surface area (Å²) in [5.41, 5.74) is 0. The number of carbonyl (C=O) groups excluding carboxylic acids is 1. The van der Waals surface area contributed by atoms with E-state index in [-0.39, 0.29) is 12.1 Å². The molecule has 0 aromatic carbocycles. The molecule has 0 aliphatic heterocycles. The van der Waals surface area contributed by atoms with Crippen molar-refractivity contribution in [3.05, 3.63) is 0 Å². The Kier molecular flexibility index (Phi) is 12.9. The SMILES string of the molecule is CCO[Si](CCCSCCC(=O)OC1CCCCC1)(OCC)OCC. The molecule has 0 radical (unpaired) electrons. The van der Waals surface area contributed by atoms with Gasteiger partial charge in [0.1, 0.15) is 6.10 Å². The number of ether oxygens (including phenoxy) is 1. The summed E-state index contributed by atoms with van der Waals surface area (Å²) in [5.74, 6) is 1.76. The van der Waals surface area contributed by atoms with Gasteiger partial charge in [-0.2, -0.15) is 11.8 Å². The molecule has 1 saturated carbocycles. The van der Waals surface area contributed by atoms with Crippen LogP contribution in [0.1, 0.15) is 65.7 Å². The highest BCUT2D eigenvalue weighted by Crippen LogP contribution is 2.22. The van der Waals surface area contributed by atoms with Crippen LogP contribution < -0.4 is 0 Å². The van der Waals surface area contributed by atoms with E-state index in [4.69, 9.17) is 18.0 Å². The molecule has 0 aromatic heterocycles. The third-order valence-electron chi connectivity index (χ3n) is 4.17. The van der Waals surface area contributed by atoms with Gasteiger partial charge in [0, 0.05) is 31.6 Å². The monoisotopic (exact) mass is 392 g/mol. The average Bonchev–Trinajstić information content (AvgIpc) is 2.59. The highest BCUT2D eigenvalue weighted by molar-refractivity contribution is 7.99. The summed E-state index contributed by atoms with van der Waals surface area (Å²) in [5, 5.41) is 0. The Hall–Kier alpha value is -0.0831. The summed E-state index contributed by atoms with van der Waals surface area (Å²) in [6, 6.07) is 0.835. The standard InChI is InChI=1S/C18H36O5SSi/c1-4-20-25(21-5-2,22-6-3)16-10-14-24-15-13-18(19)23-17-11-8-7-9-12-17/h17H,4-16H2,1-3H3. The fourth-order valence-corrected chi connectivity index (χ4v) is 6.81. The second kappa shape index (κ2) is 14.0. The second-order valence-corrected chi connectivity index (χ2v) is 10.2. The highest BCUT2D eigenvalue weighted by atomic mass is 32.2. The van der Waals surface area contributed by atoms with Gasteiger partial charge in [-0.3, -0.25) is 4.79 Å². The summed E-state index contributed by atoms with van der Waals surface area (Å²) in [7, 11) is -2.51. The molecule has 5 nitrogen and oxygen atoms in total. The van der Waals surface area contributed by atoms with Crippen molar-refractivity contribution < 1.29 is 22.8 Å². The Balaban J connectivity index is 2.15. The number of thioether (sulfide) groups is 1. The molecular weight excluding hydrogens is 356 g/mol. The number of rotatable bonds is 14. The van der Waals surface area contributed by atoms with E-state index < -0.39 is 8.80 Å². The van der Waals surface area contributed by atoms with Crippen LogP contribution in [0.5, 0.6) is 0 Å². The van der Waals surface area contributed by atoms with Gasteiger partial charge in [0.05, 0.1) is 6.42 Å². The minimum atomic E-state index is -2.51. The lowest BCUT2D eigenvalue weighted by Gasteiger charge is -2.28. The smallest absolute Gasteiger partial charge is 0.462 e. The van der Waals surface area contributed by atoms with Gasteiger partial charge in [0.15, 0.2) is 0 Å². The molecule has 1 aliphatic carbocycles. The average molecular weight is 393 g/mol. The molecule has 0 saturated heterocycles. The van der Waals surface area contributed by atoms with Crippen LogP contribution in [0, 0.1) is 0 Å². The summed E-state index contributed by atoms with van der Waals surface area (Å²) in [4.78, 5) is 11.9. The van der Waals surface area contributed by atoms with Crippen molar-refractivity contribution in [1.82, 2.24) is 0 Å². The van der Waals surface area contributed by atoms with E-state index in [9.17, 15) is 4.79 Å². The molecule has 1 fully saturated rings. The van der Waals surface area contributed by atoms with Gasteiger partial charge in [0.2, 0.25) is 0 Å². The zero-order valence-corrected chi connectivity index (χ0v) is 18.0. The number of esters is 1. The quantitative estimate of drug-likeness (QED) is 0.248. The molecule has 0 heterocycles. The number of hydrogen-bond acceptors (Lipinski definition) is 6. The predicted molar refractivity (Wildman–Crippen MR) is 105 cm³/mol. The topological polar surface area (TPSA) is 54.0 Å². The molecule has 0 spiro atoms. The Bertz CT molecular complexity index is 333. The molecular formula is C18H36O5SSi. The third kappa shape index (κ3) is 9.99. The normalized spacial score (nSPS) is 16.1. The van der Waals surface area contributed by atoms with Gasteiger partial charge in [0.25, 0.3) is 0 Å². The molecule has 0 bridgehead atoms. The lowest BCUT2D eigenvalue weighted by Crippen LogP contribution is -2.46. The van der Waals surface area contributed by atoms with Gasteiger partial charge in [-0.05, 0) is 58.6 Å². The fraction of sp³-hybridized carbons (Fsp3) is 0.944.